The molecule has 0 unspecified atom stereocenters. The Morgan fingerprint density at radius 1 is 1.30 bits per heavy atom. The second-order valence-corrected chi connectivity index (χ2v) is 4.01. The van der Waals surface area contributed by atoms with Crippen molar-refractivity contribution in [3.63, 3.8) is 0 Å². The topological polar surface area (TPSA) is 86.2 Å². The molecule has 20 heavy (non-hydrogen) atoms. The number of ether oxygens (including phenoxy) is 2. The van der Waals surface area contributed by atoms with Gasteiger partial charge < -0.3 is 9.47 Å². The Morgan fingerprint density at radius 3 is 2.50 bits per heavy atom. The van der Waals surface area contributed by atoms with Gasteiger partial charge >= 0.3 is 5.69 Å². The zero-order chi connectivity index (χ0) is 14.9. The van der Waals surface area contributed by atoms with Gasteiger partial charge in [0.25, 0.3) is 5.56 Å². The number of hydrogen-bond donors (Lipinski definition) is 1. The first-order chi connectivity index (χ1) is 9.49. The summed E-state index contributed by atoms with van der Waals surface area (Å²) in [6.07, 6.45) is 0.835. The highest BCUT2D eigenvalue weighted by Gasteiger charge is 2.22. The van der Waals surface area contributed by atoms with Gasteiger partial charge in [-0.1, -0.05) is 11.6 Å². The maximum Gasteiger partial charge on any atom is 0.349 e. The average Bonchev–Trinajstić information content (AvgIpc) is 2.39. The van der Waals surface area contributed by atoms with Crippen LogP contribution in [0.15, 0.2) is 21.9 Å². The van der Waals surface area contributed by atoms with E-state index >= 15 is 0 Å². The smallest absolute Gasteiger partial charge is 0.349 e. The Labute approximate surface area is 116 Å². The molecule has 1 aromatic carbocycles. The van der Waals surface area contributed by atoms with Crippen LogP contribution in [0.25, 0.3) is 5.69 Å². The molecule has 1 aromatic heterocycles. The number of rotatable bonds is 3. The molecular weight excluding hydrogens is 293 g/mol. The predicted octanol–water partition coefficient (Wildman–Crippen LogP) is 0.730. The molecule has 0 aliphatic carbocycles. The highest BCUT2D eigenvalue weighted by atomic mass is 35.5. The van der Waals surface area contributed by atoms with E-state index in [2.05, 4.69) is 5.10 Å². The van der Waals surface area contributed by atoms with E-state index in [9.17, 15) is 14.0 Å². The standard InChI is InChI=1S/C11H9ClFN3O4/c1-19-9-5(12)3-6(13)8(10(9)20-2)16-11(18)15-7(17)4-14-16/h3-4H,1-2H3,(H,15,17,18). The molecule has 2 rings (SSSR count). The monoisotopic (exact) mass is 301 g/mol. The summed E-state index contributed by atoms with van der Waals surface area (Å²) < 4.78 is 24.8. The summed E-state index contributed by atoms with van der Waals surface area (Å²) in [5.74, 6) is -0.918. The Bertz CT molecular complexity index is 771. The minimum Gasteiger partial charge on any atom is -0.491 e. The van der Waals surface area contributed by atoms with Crippen molar-refractivity contribution in [3.8, 4) is 17.2 Å². The Hall–Kier alpha value is -2.35. The lowest BCUT2D eigenvalue weighted by molar-refractivity contribution is 0.349. The van der Waals surface area contributed by atoms with E-state index in [-0.39, 0.29) is 22.2 Å². The third-order valence-electron chi connectivity index (χ3n) is 2.45. The maximum atomic E-state index is 14.1. The summed E-state index contributed by atoms with van der Waals surface area (Å²) in [5, 5.41) is 3.54. The number of hydrogen-bond acceptors (Lipinski definition) is 5. The van der Waals surface area contributed by atoms with Crippen LogP contribution in [0, 0.1) is 5.82 Å². The van der Waals surface area contributed by atoms with Crippen molar-refractivity contribution in [2.45, 2.75) is 0 Å². The number of H-pyrrole nitrogens is 1. The van der Waals surface area contributed by atoms with Gasteiger partial charge in [0, 0.05) is 0 Å². The van der Waals surface area contributed by atoms with Crippen molar-refractivity contribution in [1.29, 1.82) is 0 Å². The molecule has 0 radical (unpaired) electrons. The van der Waals surface area contributed by atoms with Crippen molar-refractivity contribution < 1.29 is 13.9 Å². The molecule has 0 amide bonds. The molecule has 0 saturated carbocycles. The number of benzene rings is 1. The van der Waals surface area contributed by atoms with Gasteiger partial charge in [0.2, 0.25) is 0 Å². The number of aromatic nitrogens is 3. The Morgan fingerprint density at radius 2 is 1.95 bits per heavy atom. The van der Waals surface area contributed by atoms with Gasteiger partial charge in [-0.05, 0) is 6.07 Å². The molecule has 0 aliphatic heterocycles. The van der Waals surface area contributed by atoms with Crippen LogP contribution in [0.5, 0.6) is 11.5 Å². The molecular formula is C11H9ClFN3O4. The van der Waals surface area contributed by atoms with Gasteiger partial charge in [-0.15, -0.1) is 0 Å². The molecule has 2 aromatic rings. The molecule has 1 N–H and O–H groups in total. The molecule has 0 fully saturated rings. The first kappa shape index (κ1) is 14.1. The van der Waals surface area contributed by atoms with Crippen LogP contribution < -0.4 is 20.7 Å². The number of halogens is 2. The molecule has 0 spiro atoms. The first-order valence-corrected chi connectivity index (χ1v) is 5.66. The van der Waals surface area contributed by atoms with E-state index in [0.717, 1.165) is 12.3 Å². The predicted molar refractivity (Wildman–Crippen MR) is 68.5 cm³/mol. The normalized spacial score (nSPS) is 10.4. The summed E-state index contributed by atoms with van der Waals surface area (Å²) >= 11 is 5.83. The highest BCUT2D eigenvalue weighted by molar-refractivity contribution is 6.32. The lowest BCUT2D eigenvalue weighted by Crippen LogP contribution is -2.31. The second kappa shape index (κ2) is 5.33. The van der Waals surface area contributed by atoms with E-state index in [1.54, 1.807) is 0 Å². The van der Waals surface area contributed by atoms with E-state index in [4.69, 9.17) is 21.1 Å². The first-order valence-electron chi connectivity index (χ1n) is 5.28. The SMILES string of the molecule is COc1c(Cl)cc(F)c(-n2ncc(=O)[nH]c2=O)c1OC. The third kappa shape index (κ3) is 2.25. The van der Waals surface area contributed by atoms with Crippen molar-refractivity contribution >= 4 is 11.6 Å². The molecule has 0 atom stereocenters. The van der Waals surface area contributed by atoms with Gasteiger partial charge in [-0.25, -0.2) is 9.18 Å². The number of nitrogens with zero attached hydrogens (tertiary/aromatic N) is 2. The van der Waals surface area contributed by atoms with Crippen molar-refractivity contribution in [2.75, 3.05) is 14.2 Å². The molecule has 0 saturated heterocycles. The molecule has 9 heteroatoms. The quantitative estimate of drug-likeness (QED) is 0.903. The Balaban J connectivity index is 2.86. The van der Waals surface area contributed by atoms with E-state index in [1.165, 1.54) is 14.2 Å². The van der Waals surface area contributed by atoms with Crippen LogP contribution in [0.3, 0.4) is 0 Å². The van der Waals surface area contributed by atoms with E-state index in [1.807, 2.05) is 4.98 Å². The van der Waals surface area contributed by atoms with Gasteiger partial charge in [0.05, 0.1) is 19.2 Å². The maximum absolute atomic E-state index is 14.1. The Kier molecular flexibility index (Phi) is 3.75. The lowest BCUT2D eigenvalue weighted by atomic mass is 10.2. The fraction of sp³-hybridized carbons (Fsp3) is 0.182. The highest BCUT2D eigenvalue weighted by Crippen LogP contribution is 2.40. The van der Waals surface area contributed by atoms with Crippen LogP contribution in [0.2, 0.25) is 5.02 Å². The van der Waals surface area contributed by atoms with Gasteiger partial charge in [-0.3, -0.25) is 9.78 Å². The summed E-state index contributed by atoms with van der Waals surface area (Å²) in [4.78, 5) is 24.6. The van der Waals surface area contributed by atoms with Crippen molar-refractivity contribution in [3.05, 3.63) is 43.9 Å². The largest absolute Gasteiger partial charge is 0.491 e. The second-order valence-electron chi connectivity index (χ2n) is 3.61. The summed E-state index contributed by atoms with van der Waals surface area (Å²) in [5.41, 5.74) is -1.93. The summed E-state index contributed by atoms with van der Waals surface area (Å²) in [6.45, 7) is 0. The van der Waals surface area contributed by atoms with Crippen LogP contribution in [-0.2, 0) is 0 Å². The average molecular weight is 302 g/mol. The van der Waals surface area contributed by atoms with Crippen molar-refractivity contribution in [1.82, 2.24) is 14.8 Å². The third-order valence-corrected chi connectivity index (χ3v) is 2.73. The lowest BCUT2D eigenvalue weighted by Gasteiger charge is -2.14. The van der Waals surface area contributed by atoms with Gasteiger partial charge in [-0.2, -0.15) is 9.78 Å². The molecule has 106 valence electrons. The van der Waals surface area contributed by atoms with Crippen LogP contribution in [-0.4, -0.2) is 29.0 Å². The minimum absolute atomic E-state index is 0.0249. The fourth-order valence-electron chi connectivity index (χ4n) is 1.66. The van der Waals surface area contributed by atoms with Gasteiger partial charge in [0.15, 0.2) is 23.0 Å². The minimum atomic E-state index is -0.918. The zero-order valence-corrected chi connectivity index (χ0v) is 11.2. The number of nitrogens with one attached hydrogen (secondary N) is 1. The molecule has 0 bridgehead atoms. The van der Waals surface area contributed by atoms with Crippen LogP contribution in [0.1, 0.15) is 0 Å². The molecule has 7 nitrogen and oxygen atoms in total. The van der Waals surface area contributed by atoms with Gasteiger partial charge in [0.1, 0.15) is 6.20 Å². The van der Waals surface area contributed by atoms with E-state index < -0.39 is 17.1 Å². The van der Waals surface area contributed by atoms with Crippen LogP contribution >= 0.6 is 11.6 Å². The number of methoxy groups -OCH3 is 2. The fourth-order valence-corrected chi connectivity index (χ4v) is 1.92. The van der Waals surface area contributed by atoms with E-state index in [0.29, 0.717) is 4.68 Å². The number of aromatic amines is 1. The molecule has 1 heterocycles. The van der Waals surface area contributed by atoms with Crippen LogP contribution in [0.4, 0.5) is 4.39 Å². The van der Waals surface area contributed by atoms with Crippen molar-refractivity contribution in [2.24, 2.45) is 0 Å². The summed E-state index contributed by atoms with van der Waals surface area (Å²) in [7, 11) is 2.57. The molecule has 0 aliphatic rings. The summed E-state index contributed by atoms with van der Waals surface area (Å²) in [6, 6.07) is 0.956. The zero-order valence-electron chi connectivity index (χ0n) is 10.4.